The molecule has 18 heavy (non-hydrogen) atoms. The highest BCUT2D eigenvalue weighted by Crippen LogP contribution is 2.06. The summed E-state index contributed by atoms with van der Waals surface area (Å²) < 4.78 is 0. The van der Waals surface area contributed by atoms with Gasteiger partial charge in [-0.15, -0.1) is 0 Å². The van der Waals surface area contributed by atoms with Crippen molar-refractivity contribution in [3.05, 3.63) is 0 Å². The van der Waals surface area contributed by atoms with Gasteiger partial charge >= 0.3 is 5.97 Å². The molecule has 2 N–H and O–H groups in total. The first-order valence-corrected chi connectivity index (χ1v) is 6.63. The van der Waals surface area contributed by atoms with Crippen molar-refractivity contribution in [3.63, 3.8) is 0 Å². The van der Waals surface area contributed by atoms with E-state index in [-0.39, 0.29) is 0 Å². The van der Waals surface area contributed by atoms with Gasteiger partial charge in [0, 0.05) is 13.6 Å². The van der Waals surface area contributed by atoms with Gasteiger partial charge < -0.3 is 15.1 Å². The molecule has 0 fully saturated rings. The number of aliphatic hydroxyl groups excluding tert-OH is 1. The summed E-state index contributed by atoms with van der Waals surface area (Å²) >= 11 is 0. The van der Waals surface area contributed by atoms with Crippen LogP contribution in [0.15, 0.2) is 0 Å². The van der Waals surface area contributed by atoms with Gasteiger partial charge in [0.15, 0.2) is 0 Å². The zero-order valence-corrected chi connectivity index (χ0v) is 11.4. The quantitative estimate of drug-likeness (QED) is 0.585. The molecule has 0 spiro atoms. The standard InChI is InChI=1S/C13H25NO4/c1-3-4-5-6-7-8-9-14(2)13(18)11(15)10-12(16)17/h11,15H,3-10H2,1-2H3,(H,16,17). The number of amides is 1. The molecule has 0 bridgehead atoms. The summed E-state index contributed by atoms with van der Waals surface area (Å²) in [6, 6.07) is 0. The lowest BCUT2D eigenvalue weighted by atomic mass is 10.1. The highest BCUT2D eigenvalue weighted by atomic mass is 16.4. The largest absolute Gasteiger partial charge is 0.481 e. The smallest absolute Gasteiger partial charge is 0.306 e. The van der Waals surface area contributed by atoms with E-state index in [0.29, 0.717) is 6.54 Å². The van der Waals surface area contributed by atoms with Crippen molar-refractivity contribution in [2.24, 2.45) is 0 Å². The number of carboxylic acid groups (broad SMARTS) is 1. The highest BCUT2D eigenvalue weighted by molar-refractivity contribution is 5.84. The number of hydrogen-bond acceptors (Lipinski definition) is 3. The fourth-order valence-corrected chi connectivity index (χ4v) is 1.75. The number of nitrogens with zero attached hydrogens (tertiary/aromatic N) is 1. The van der Waals surface area contributed by atoms with E-state index in [4.69, 9.17) is 5.11 Å². The van der Waals surface area contributed by atoms with E-state index in [0.717, 1.165) is 19.3 Å². The fraction of sp³-hybridized carbons (Fsp3) is 0.846. The van der Waals surface area contributed by atoms with Crippen molar-refractivity contribution >= 4 is 11.9 Å². The maximum Gasteiger partial charge on any atom is 0.306 e. The Morgan fingerprint density at radius 3 is 2.22 bits per heavy atom. The molecule has 1 amide bonds. The van der Waals surface area contributed by atoms with E-state index in [9.17, 15) is 14.7 Å². The molecule has 1 unspecified atom stereocenters. The van der Waals surface area contributed by atoms with Gasteiger partial charge in [-0.1, -0.05) is 39.0 Å². The van der Waals surface area contributed by atoms with E-state index in [2.05, 4.69) is 6.92 Å². The molecule has 0 rings (SSSR count). The van der Waals surface area contributed by atoms with Crippen LogP contribution < -0.4 is 0 Å². The molecule has 0 saturated heterocycles. The number of hydrogen-bond donors (Lipinski definition) is 2. The molecular weight excluding hydrogens is 234 g/mol. The first kappa shape index (κ1) is 16.9. The van der Waals surface area contributed by atoms with E-state index in [1.807, 2.05) is 0 Å². The lowest BCUT2D eigenvalue weighted by molar-refractivity contribution is -0.147. The van der Waals surface area contributed by atoms with Crippen LogP contribution in [-0.2, 0) is 9.59 Å². The monoisotopic (exact) mass is 259 g/mol. The van der Waals surface area contributed by atoms with Crippen molar-refractivity contribution in [1.29, 1.82) is 0 Å². The molecule has 5 nitrogen and oxygen atoms in total. The molecule has 1 atom stereocenters. The van der Waals surface area contributed by atoms with Crippen molar-refractivity contribution in [2.75, 3.05) is 13.6 Å². The summed E-state index contributed by atoms with van der Waals surface area (Å²) in [5, 5.41) is 17.8. The van der Waals surface area contributed by atoms with Gasteiger partial charge in [-0.2, -0.15) is 0 Å². The van der Waals surface area contributed by atoms with E-state index < -0.39 is 24.4 Å². The predicted octanol–water partition coefficient (Wildman–Crippen LogP) is 1.64. The van der Waals surface area contributed by atoms with Crippen LogP contribution in [0.5, 0.6) is 0 Å². The number of likely N-dealkylation sites (N-methyl/N-ethyl adjacent to an activating group) is 1. The number of rotatable bonds is 10. The first-order valence-electron chi connectivity index (χ1n) is 6.63. The van der Waals surface area contributed by atoms with Crippen LogP contribution in [0.25, 0.3) is 0 Å². The van der Waals surface area contributed by atoms with E-state index >= 15 is 0 Å². The number of carbonyl (C=O) groups is 2. The Morgan fingerprint density at radius 1 is 1.11 bits per heavy atom. The summed E-state index contributed by atoms with van der Waals surface area (Å²) in [7, 11) is 1.60. The second kappa shape index (κ2) is 9.88. The zero-order chi connectivity index (χ0) is 14.0. The number of carbonyl (C=O) groups excluding carboxylic acids is 1. The third-order valence-electron chi connectivity index (χ3n) is 2.88. The molecule has 0 aromatic rings. The molecule has 0 aliphatic carbocycles. The predicted molar refractivity (Wildman–Crippen MR) is 69.3 cm³/mol. The zero-order valence-electron chi connectivity index (χ0n) is 11.4. The Kier molecular flexibility index (Phi) is 9.28. The van der Waals surface area contributed by atoms with Crippen LogP contribution in [0.4, 0.5) is 0 Å². The van der Waals surface area contributed by atoms with E-state index in [1.165, 1.54) is 24.2 Å². The topological polar surface area (TPSA) is 77.8 Å². The van der Waals surface area contributed by atoms with Crippen molar-refractivity contribution in [3.8, 4) is 0 Å². The second-order valence-corrected chi connectivity index (χ2v) is 4.64. The van der Waals surface area contributed by atoms with Gasteiger partial charge in [0.05, 0.1) is 6.42 Å². The van der Waals surface area contributed by atoms with Gasteiger partial charge in [-0.25, -0.2) is 0 Å². The Morgan fingerprint density at radius 2 is 1.67 bits per heavy atom. The van der Waals surface area contributed by atoms with Crippen LogP contribution in [0.2, 0.25) is 0 Å². The SMILES string of the molecule is CCCCCCCCN(C)C(=O)C(O)CC(=O)O. The lowest BCUT2D eigenvalue weighted by Gasteiger charge is -2.19. The minimum Gasteiger partial charge on any atom is -0.481 e. The normalized spacial score (nSPS) is 12.2. The average molecular weight is 259 g/mol. The summed E-state index contributed by atoms with van der Waals surface area (Å²) in [5.41, 5.74) is 0. The Bertz CT molecular complexity index is 255. The molecule has 106 valence electrons. The fourth-order valence-electron chi connectivity index (χ4n) is 1.75. The maximum atomic E-state index is 11.6. The Labute approximate surface area is 109 Å². The summed E-state index contributed by atoms with van der Waals surface area (Å²) in [4.78, 5) is 23.3. The van der Waals surface area contributed by atoms with Gasteiger partial charge in [-0.05, 0) is 6.42 Å². The molecule has 0 heterocycles. The molecule has 0 aliphatic heterocycles. The summed E-state index contributed by atoms with van der Waals surface area (Å²) in [6.07, 6.45) is 4.83. The van der Waals surface area contributed by atoms with Gasteiger partial charge in [0.25, 0.3) is 5.91 Å². The van der Waals surface area contributed by atoms with E-state index in [1.54, 1.807) is 7.05 Å². The van der Waals surface area contributed by atoms with Crippen molar-refractivity contribution in [2.45, 2.75) is 58.0 Å². The Hall–Kier alpha value is -1.10. The van der Waals surface area contributed by atoms with Gasteiger partial charge in [-0.3, -0.25) is 9.59 Å². The molecule has 0 aromatic carbocycles. The summed E-state index contributed by atoms with van der Waals surface area (Å²) in [5.74, 6) is -1.67. The molecule has 0 saturated carbocycles. The lowest BCUT2D eigenvalue weighted by Crippen LogP contribution is -2.38. The third-order valence-corrected chi connectivity index (χ3v) is 2.88. The van der Waals surface area contributed by atoms with Crippen molar-refractivity contribution < 1.29 is 19.8 Å². The van der Waals surface area contributed by atoms with Crippen LogP contribution >= 0.6 is 0 Å². The third kappa shape index (κ3) is 8.06. The number of carboxylic acids is 1. The van der Waals surface area contributed by atoms with Gasteiger partial charge in [0.2, 0.25) is 0 Å². The molecule has 0 aromatic heterocycles. The minimum atomic E-state index is -1.42. The maximum absolute atomic E-state index is 11.6. The van der Waals surface area contributed by atoms with Crippen LogP contribution in [0.1, 0.15) is 51.9 Å². The number of unbranched alkanes of at least 4 members (excludes halogenated alkanes) is 5. The molecule has 0 aliphatic rings. The van der Waals surface area contributed by atoms with Crippen LogP contribution in [0.3, 0.4) is 0 Å². The molecular formula is C13H25NO4. The second-order valence-electron chi connectivity index (χ2n) is 4.64. The van der Waals surface area contributed by atoms with Crippen LogP contribution in [0, 0.1) is 0 Å². The number of aliphatic carboxylic acids is 1. The first-order chi connectivity index (χ1) is 8.49. The minimum absolute atomic E-state index is 0.508. The van der Waals surface area contributed by atoms with Crippen LogP contribution in [-0.4, -0.2) is 46.7 Å². The molecule has 0 radical (unpaired) electrons. The highest BCUT2D eigenvalue weighted by Gasteiger charge is 2.21. The average Bonchev–Trinajstić information content (AvgIpc) is 2.31. The van der Waals surface area contributed by atoms with Gasteiger partial charge in [0.1, 0.15) is 6.10 Å². The number of aliphatic hydroxyl groups is 1. The molecule has 5 heteroatoms. The van der Waals surface area contributed by atoms with Crippen molar-refractivity contribution in [1.82, 2.24) is 4.90 Å². The Balaban J connectivity index is 3.70. The summed E-state index contributed by atoms with van der Waals surface area (Å²) in [6.45, 7) is 2.73.